The molecular weight excluding hydrogens is 284 g/mol. The van der Waals surface area contributed by atoms with Crippen molar-refractivity contribution in [1.82, 2.24) is 4.98 Å². The molecule has 1 aliphatic heterocycles. The topological polar surface area (TPSA) is 61.2 Å². The van der Waals surface area contributed by atoms with Crippen molar-refractivity contribution >= 4 is 22.8 Å². The van der Waals surface area contributed by atoms with E-state index in [2.05, 4.69) is 21.3 Å². The molecule has 5 nitrogen and oxygen atoms in total. The van der Waals surface area contributed by atoms with Gasteiger partial charge in [0, 0.05) is 36.1 Å². The predicted molar refractivity (Wildman–Crippen MR) is 83.6 cm³/mol. The van der Waals surface area contributed by atoms with Gasteiger partial charge in [-0.25, -0.2) is 4.98 Å². The molecule has 3 heterocycles. The van der Waals surface area contributed by atoms with E-state index in [0.717, 1.165) is 48.2 Å². The molecule has 0 saturated carbocycles. The summed E-state index contributed by atoms with van der Waals surface area (Å²) in [7, 11) is 0. The van der Waals surface area contributed by atoms with E-state index in [-0.39, 0.29) is 0 Å². The lowest BCUT2D eigenvalue weighted by atomic mass is 10.3. The van der Waals surface area contributed by atoms with Gasteiger partial charge in [0.2, 0.25) is 0 Å². The number of anilines is 2. The van der Waals surface area contributed by atoms with Gasteiger partial charge in [0.25, 0.3) is 0 Å². The highest BCUT2D eigenvalue weighted by Crippen LogP contribution is 2.25. The smallest absolute Gasteiger partial charge is 0.152 e. The fraction of sp³-hybridized carbons (Fsp3) is 0.333. The molecular formula is C15H16N4OS. The first-order valence-corrected chi connectivity index (χ1v) is 7.74. The van der Waals surface area contributed by atoms with Gasteiger partial charge < -0.3 is 15.0 Å². The Morgan fingerprint density at radius 2 is 2.29 bits per heavy atom. The maximum Gasteiger partial charge on any atom is 0.152 e. The summed E-state index contributed by atoms with van der Waals surface area (Å²) in [5.41, 5.74) is 1.74. The molecule has 0 aliphatic carbocycles. The average molecular weight is 300 g/mol. The summed E-state index contributed by atoms with van der Waals surface area (Å²) >= 11 is 1.60. The van der Waals surface area contributed by atoms with Gasteiger partial charge in [-0.05, 0) is 18.2 Å². The van der Waals surface area contributed by atoms with Gasteiger partial charge in [0.1, 0.15) is 6.07 Å². The summed E-state index contributed by atoms with van der Waals surface area (Å²) < 4.78 is 5.39. The van der Waals surface area contributed by atoms with Crippen molar-refractivity contribution in [3.8, 4) is 6.07 Å². The molecule has 0 spiro atoms. The Kier molecular flexibility index (Phi) is 4.34. The Hall–Kier alpha value is -2.10. The molecule has 0 radical (unpaired) electrons. The standard InChI is InChI=1S/C15H16N4OS/c16-9-12-8-13(21-11-12)10-18-14-2-1-3-17-15(14)19-4-6-20-7-5-19/h1-3,8,11,18H,4-7,10H2. The van der Waals surface area contributed by atoms with Crippen molar-refractivity contribution in [2.45, 2.75) is 6.54 Å². The Bertz CT molecular complexity index is 643. The second-order valence-corrected chi connectivity index (χ2v) is 5.74. The van der Waals surface area contributed by atoms with E-state index in [1.807, 2.05) is 29.8 Å². The molecule has 0 aromatic carbocycles. The Morgan fingerprint density at radius 1 is 1.43 bits per heavy atom. The number of rotatable bonds is 4. The quantitative estimate of drug-likeness (QED) is 0.940. The third-order valence-electron chi connectivity index (χ3n) is 3.33. The highest BCUT2D eigenvalue weighted by Gasteiger charge is 2.15. The van der Waals surface area contributed by atoms with Gasteiger partial charge in [-0.15, -0.1) is 11.3 Å². The zero-order chi connectivity index (χ0) is 14.5. The number of hydrogen-bond donors (Lipinski definition) is 1. The van der Waals surface area contributed by atoms with Crippen LogP contribution in [0, 0.1) is 11.3 Å². The van der Waals surface area contributed by atoms with Crippen LogP contribution in [0.2, 0.25) is 0 Å². The zero-order valence-corrected chi connectivity index (χ0v) is 12.4. The van der Waals surface area contributed by atoms with Crippen LogP contribution in [0.15, 0.2) is 29.8 Å². The molecule has 3 rings (SSSR count). The second-order valence-electron chi connectivity index (χ2n) is 4.74. The zero-order valence-electron chi connectivity index (χ0n) is 11.6. The van der Waals surface area contributed by atoms with Crippen LogP contribution < -0.4 is 10.2 Å². The van der Waals surface area contributed by atoms with Crippen molar-refractivity contribution < 1.29 is 4.74 Å². The maximum atomic E-state index is 8.86. The lowest BCUT2D eigenvalue weighted by Gasteiger charge is -2.29. The van der Waals surface area contributed by atoms with Crippen LogP contribution in [0.4, 0.5) is 11.5 Å². The van der Waals surface area contributed by atoms with Crippen LogP contribution in [0.25, 0.3) is 0 Å². The molecule has 0 bridgehead atoms. The fourth-order valence-electron chi connectivity index (χ4n) is 2.28. The number of nitrogens with one attached hydrogen (secondary N) is 1. The van der Waals surface area contributed by atoms with E-state index >= 15 is 0 Å². The van der Waals surface area contributed by atoms with E-state index in [0.29, 0.717) is 6.54 Å². The molecule has 1 saturated heterocycles. The SMILES string of the molecule is N#Cc1csc(CNc2cccnc2N2CCOCC2)c1. The third kappa shape index (κ3) is 3.32. The van der Waals surface area contributed by atoms with Crippen LogP contribution in [0.1, 0.15) is 10.4 Å². The van der Waals surface area contributed by atoms with Gasteiger partial charge in [-0.2, -0.15) is 5.26 Å². The Morgan fingerprint density at radius 3 is 3.05 bits per heavy atom. The molecule has 0 atom stereocenters. The summed E-state index contributed by atoms with van der Waals surface area (Å²) in [5, 5.41) is 14.2. The maximum absolute atomic E-state index is 8.86. The van der Waals surface area contributed by atoms with Gasteiger partial charge in [0.05, 0.1) is 24.5 Å². The van der Waals surface area contributed by atoms with Crippen molar-refractivity contribution in [2.75, 3.05) is 36.5 Å². The molecule has 21 heavy (non-hydrogen) atoms. The monoisotopic (exact) mass is 300 g/mol. The van der Waals surface area contributed by atoms with Crippen molar-refractivity contribution in [3.63, 3.8) is 0 Å². The summed E-state index contributed by atoms with van der Waals surface area (Å²) in [5.74, 6) is 0.970. The van der Waals surface area contributed by atoms with Crippen LogP contribution in [0.5, 0.6) is 0 Å². The molecule has 2 aromatic heterocycles. The number of thiophene rings is 1. The number of nitriles is 1. The first kappa shape index (κ1) is 13.9. The van der Waals surface area contributed by atoms with Crippen molar-refractivity contribution in [1.29, 1.82) is 5.26 Å². The number of nitrogens with zero attached hydrogens (tertiary/aromatic N) is 3. The molecule has 1 aliphatic rings. The van der Waals surface area contributed by atoms with Crippen LogP contribution in [0.3, 0.4) is 0 Å². The molecule has 2 aromatic rings. The van der Waals surface area contributed by atoms with E-state index < -0.39 is 0 Å². The van der Waals surface area contributed by atoms with Crippen LogP contribution in [-0.2, 0) is 11.3 Å². The normalized spacial score (nSPS) is 14.7. The summed E-state index contributed by atoms with van der Waals surface area (Å²) in [6, 6.07) is 8.05. The second kappa shape index (κ2) is 6.57. The number of morpholine rings is 1. The largest absolute Gasteiger partial charge is 0.378 e. The summed E-state index contributed by atoms with van der Waals surface area (Å²) in [6.07, 6.45) is 1.81. The minimum Gasteiger partial charge on any atom is -0.378 e. The molecule has 0 unspecified atom stereocenters. The van der Waals surface area contributed by atoms with Crippen LogP contribution in [-0.4, -0.2) is 31.3 Å². The molecule has 1 fully saturated rings. The first-order valence-electron chi connectivity index (χ1n) is 6.86. The van der Waals surface area contributed by atoms with Crippen molar-refractivity contribution in [3.05, 3.63) is 40.2 Å². The molecule has 108 valence electrons. The van der Waals surface area contributed by atoms with Gasteiger partial charge >= 0.3 is 0 Å². The van der Waals surface area contributed by atoms with E-state index in [9.17, 15) is 0 Å². The number of ether oxygens (including phenoxy) is 1. The number of pyridine rings is 1. The van der Waals surface area contributed by atoms with Gasteiger partial charge in [0.15, 0.2) is 5.82 Å². The number of hydrogen-bond acceptors (Lipinski definition) is 6. The molecule has 0 amide bonds. The van der Waals surface area contributed by atoms with E-state index in [4.69, 9.17) is 10.00 Å². The molecule has 1 N–H and O–H groups in total. The lowest BCUT2D eigenvalue weighted by Crippen LogP contribution is -2.37. The summed E-state index contributed by atoms with van der Waals surface area (Å²) in [4.78, 5) is 7.87. The van der Waals surface area contributed by atoms with E-state index in [1.54, 1.807) is 11.3 Å². The molecule has 6 heteroatoms. The first-order chi connectivity index (χ1) is 10.4. The minimum absolute atomic E-state index is 0.704. The van der Waals surface area contributed by atoms with E-state index in [1.165, 1.54) is 0 Å². The third-order valence-corrected chi connectivity index (χ3v) is 4.27. The highest BCUT2D eigenvalue weighted by atomic mass is 32.1. The minimum atomic E-state index is 0.704. The predicted octanol–water partition coefficient (Wildman–Crippen LogP) is 2.46. The fourth-order valence-corrected chi connectivity index (χ4v) is 3.03. The van der Waals surface area contributed by atoms with Crippen molar-refractivity contribution in [2.24, 2.45) is 0 Å². The summed E-state index contributed by atoms with van der Waals surface area (Å²) in [6.45, 7) is 3.92. The van der Waals surface area contributed by atoms with Gasteiger partial charge in [-0.3, -0.25) is 0 Å². The van der Waals surface area contributed by atoms with Gasteiger partial charge in [-0.1, -0.05) is 0 Å². The average Bonchev–Trinajstić information content (AvgIpc) is 3.02. The Balaban J connectivity index is 1.71. The number of aromatic nitrogens is 1. The lowest BCUT2D eigenvalue weighted by molar-refractivity contribution is 0.122. The highest BCUT2D eigenvalue weighted by molar-refractivity contribution is 7.10. The van der Waals surface area contributed by atoms with Crippen LogP contribution >= 0.6 is 11.3 Å². The Labute approximate surface area is 127 Å².